The molecule has 3 aromatic rings. The van der Waals surface area contributed by atoms with Gasteiger partial charge < -0.3 is 11.1 Å². The number of carbonyl (C=O) groups excluding carboxylic acids is 2. The van der Waals surface area contributed by atoms with E-state index < -0.39 is 5.91 Å². The van der Waals surface area contributed by atoms with Crippen LogP contribution in [0, 0.1) is 0 Å². The maximum absolute atomic E-state index is 12.7. The molecule has 134 valence electrons. The van der Waals surface area contributed by atoms with Gasteiger partial charge >= 0.3 is 0 Å². The second-order valence-corrected chi connectivity index (χ2v) is 6.03. The first-order valence-electron chi connectivity index (χ1n) is 8.59. The van der Waals surface area contributed by atoms with Crippen molar-refractivity contribution in [2.24, 2.45) is 5.73 Å². The number of aromatic nitrogens is 3. The van der Waals surface area contributed by atoms with E-state index in [2.05, 4.69) is 15.3 Å². The number of imidazole rings is 1. The zero-order valence-electron chi connectivity index (χ0n) is 14.8. The van der Waals surface area contributed by atoms with E-state index in [1.807, 2.05) is 44.2 Å². The van der Waals surface area contributed by atoms with Crippen LogP contribution in [0.5, 0.6) is 0 Å². The first-order chi connectivity index (χ1) is 12.5. The summed E-state index contributed by atoms with van der Waals surface area (Å²) >= 11 is 0. The van der Waals surface area contributed by atoms with Crippen molar-refractivity contribution in [3.63, 3.8) is 0 Å². The standard InChI is InChI=1S/C19H21N5O2/c1-3-13(4-2)22-19(26)14-10-15(12-8-6-5-7-9-12)24-11-21-16(17(20)25)18(24)23-14/h5-11,13H,3-4H2,1-2H3,(H2,20,25)(H,22,26). The van der Waals surface area contributed by atoms with E-state index in [-0.39, 0.29) is 29.0 Å². The largest absolute Gasteiger partial charge is 0.364 e. The monoisotopic (exact) mass is 351 g/mol. The molecule has 0 unspecified atom stereocenters. The van der Waals surface area contributed by atoms with Gasteiger partial charge in [-0.25, -0.2) is 9.97 Å². The van der Waals surface area contributed by atoms with Crippen LogP contribution in [0.4, 0.5) is 0 Å². The van der Waals surface area contributed by atoms with Crippen LogP contribution in [0.2, 0.25) is 0 Å². The van der Waals surface area contributed by atoms with Crippen molar-refractivity contribution in [3.05, 3.63) is 54.1 Å². The molecule has 2 aromatic heterocycles. The Morgan fingerprint density at radius 3 is 2.50 bits per heavy atom. The molecule has 2 heterocycles. The van der Waals surface area contributed by atoms with Gasteiger partial charge in [0.25, 0.3) is 11.8 Å². The highest BCUT2D eigenvalue weighted by molar-refractivity contribution is 5.99. The van der Waals surface area contributed by atoms with E-state index in [9.17, 15) is 9.59 Å². The van der Waals surface area contributed by atoms with Crippen molar-refractivity contribution >= 4 is 17.5 Å². The SMILES string of the molecule is CCC(CC)NC(=O)c1cc(-c2ccccc2)n2cnc(C(N)=O)c2n1. The number of carbonyl (C=O) groups is 2. The lowest BCUT2D eigenvalue weighted by Crippen LogP contribution is -2.34. The Hall–Kier alpha value is -3.22. The molecule has 7 nitrogen and oxygen atoms in total. The van der Waals surface area contributed by atoms with Crippen LogP contribution in [0.3, 0.4) is 0 Å². The summed E-state index contributed by atoms with van der Waals surface area (Å²) in [6, 6.07) is 11.3. The molecule has 0 spiro atoms. The molecule has 1 aromatic carbocycles. The summed E-state index contributed by atoms with van der Waals surface area (Å²) in [6.45, 7) is 4.03. The Labute approximate surface area is 151 Å². The van der Waals surface area contributed by atoms with Gasteiger partial charge in [-0.2, -0.15) is 0 Å². The van der Waals surface area contributed by atoms with Gasteiger partial charge in [0.05, 0.1) is 5.69 Å². The van der Waals surface area contributed by atoms with E-state index in [0.717, 1.165) is 18.4 Å². The van der Waals surface area contributed by atoms with Crippen LogP contribution in [0.25, 0.3) is 16.9 Å². The molecule has 0 bridgehead atoms. The van der Waals surface area contributed by atoms with Gasteiger partial charge in [-0.15, -0.1) is 0 Å². The van der Waals surface area contributed by atoms with Gasteiger partial charge in [0, 0.05) is 6.04 Å². The maximum Gasteiger partial charge on any atom is 0.271 e. The molecule has 7 heteroatoms. The van der Waals surface area contributed by atoms with Gasteiger partial charge in [0.1, 0.15) is 12.0 Å². The Balaban J connectivity index is 2.16. The number of fused-ring (bicyclic) bond motifs is 1. The van der Waals surface area contributed by atoms with Crippen LogP contribution in [0.15, 0.2) is 42.7 Å². The van der Waals surface area contributed by atoms with Crippen molar-refractivity contribution in [1.82, 2.24) is 19.7 Å². The predicted octanol–water partition coefficient (Wildman–Crippen LogP) is 2.41. The fourth-order valence-corrected chi connectivity index (χ4v) is 2.84. The zero-order chi connectivity index (χ0) is 18.7. The van der Waals surface area contributed by atoms with E-state index in [1.165, 1.54) is 6.33 Å². The minimum Gasteiger partial charge on any atom is -0.364 e. The van der Waals surface area contributed by atoms with Gasteiger partial charge in [-0.05, 0) is 24.5 Å². The van der Waals surface area contributed by atoms with Gasteiger partial charge in [0.2, 0.25) is 0 Å². The smallest absolute Gasteiger partial charge is 0.271 e. The second kappa shape index (κ2) is 7.35. The molecule has 0 fully saturated rings. The summed E-state index contributed by atoms with van der Waals surface area (Å²) in [4.78, 5) is 32.8. The Kier molecular flexibility index (Phi) is 4.97. The number of nitrogens with zero attached hydrogens (tertiary/aromatic N) is 3. The number of nitrogens with one attached hydrogen (secondary N) is 1. The lowest BCUT2D eigenvalue weighted by Gasteiger charge is -2.15. The lowest BCUT2D eigenvalue weighted by atomic mass is 10.1. The third kappa shape index (κ3) is 3.28. The summed E-state index contributed by atoms with van der Waals surface area (Å²) in [5, 5.41) is 2.97. The number of benzene rings is 1. The molecule has 3 N–H and O–H groups in total. The van der Waals surface area contributed by atoms with Gasteiger partial charge in [-0.1, -0.05) is 44.2 Å². The minimum absolute atomic E-state index is 0.0411. The molecule has 26 heavy (non-hydrogen) atoms. The molecule has 2 amide bonds. The van der Waals surface area contributed by atoms with Crippen LogP contribution in [0.1, 0.15) is 47.7 Å². The van der Waals surface area contributed by atoms with Gasteiger partial charge in [-0.3, -0.25) is 14.0 Å². The highest BCUT2D eigenvalue weighted by Crippen LogP contribution is 2.22. The molecule has 0 saturated carbocycles. The molecule has 0 aliphatic heterocycles. The highest BCUT2D eigenvalue weighted by atomic mass is 16.2. The van der Waals surface area contributed by atoms with Crippen molar-refractivity contribution in [3.8, 4) is 11.3 Å². The first-order valence-corrected chi connectivity index (χ1v) is 8.59. The molecule has 0 atom stereocenters. The molecule has 0 aliphatic rings. The number of hydrogen-bond donors (Lipinski definition) is 2. The number of rotatable bonds is 6. The maximum atomic E-state index is 12.7. The van der Waals surface area contributed by atoms with E-state index in [4.69, 9.17) is 5.73 Å². The number of primary amides is 1. The average Bonchev–Trinajstić information content (AvgIpc) is 3.10. The van der Waals surface area contributed by atoms with Crippen molar-refractivity contribution in [2.75, 3.05) is 0 Å². The number of hydrogen-bond acceptors (Lipinski definition) is 4. The fraction of sp³-hybridized carbons (Fsp3) is 0.263. The molecule has 3 rings (SSSR count). The number of amides is 2. The van der Waals surface area contributed by atoms with Gasteiger partial charge in [0.15, 0.2) is 11.3 Å². The number of nitrogens with two attached hydrogens (primary N) is 1. The molecule has 0 saturated heterocycles. The van der Waals surface area contributed by atoms with Crippen molar-refractivity contribution in [2.45, 2.75) is 32.7 Å². The van der Waals surface area contributed by atoms with E-state index in [0.29, 0.717) is 5.69 Å². The average molecular weight is 351 g/mol. The summed E-state index contributed by atoms with van der Waals surface area (Å²) in [5.41, 5.74) is 7.54. The molecule has 0 radical (unpaired) electrons. The van der Waals surface area contributed by atoms with Crippen molar-refractivity contribution in [1.29, 1.82) is 0 Å². The van der Waals surface area contributed by atoms with Crippen LogP contribution in [-0.4, -0.2) is 32.2 Å². The van der Waals surface area contributed by atoms with Crippen molar-refractivity contribution < 1.29 is 9.59 Å². The zero-order valence-corrected chi connectivity index (χ0v) is 14.8. The van der Waals surface area contributed by atoms with E-state index >= 15 is 0 Å². The quantitative estimate of drug-likeness (QED) is 0.712. The normalized spacial score (nSPS) is 11.0. The van der Waals surface area contributed by atoms with Crippen LogP contribution < -0.4 is 11.1 Å². The summed E-state index contributed by atoms with van der Waals surface area (Å²) in [6.07, 6.45) is 3.15. The summed E-state index contributed by atoms with van der Waals surface area (Å²) < 4.78 is 1.67. The second-order valence-electron chi connectivity index (χ2n) is 6.03. The highest BCUT2D eigenvalue weighted by Gasteiger charge is 2.20. The third-order valence-corrected chi connectivity index (χ3v) is 4.36. The topological polar surface area (TPSA) is 102 Å². The Bertz CT molecular complexity index is 945. The van der Waals surface area contributed by atoms with E-state index in [1.54, 1.807) is 10.5 Å². The minimum atomic E-state index is -0.684. The summed E-state index contributed by atoms with van der Waals surface area (Å²) in [5.74, 6) is -0.966. The first kappa shape index (κ1) is 17.6. The Morgan fingerprint density at radius 2 is 1.88 bits per heavy atom. The molecule has 0 aliphatic carbocycles. The third-order valence-electron chi connectivity index (χ3n) is 4.36. The Morgan fingerprint density at radius 1 is 1.19 bits per heavy atom. The van der Waals surface area contributed by atoms with Crippen LogP contribution >= 0.6 is 0 Å². The summed E-state index contributed by atoms with van der Waals surface area (Å²) in [7, 11) is 0. The predicted molar refractivity (Wildman–Crippen MR) is 98.8 cm³/mol. The lowest BCUT2D eigenvalue weighted by molar-refractivity contribution is 0.0928. The fourth-order valence-electron chi connectivity index (χ4n) is 2.84. The molecular weight excluding hydrogens is 330 g/mol. The van der Waals surface area contributed by atoms with Crippen LogP contribution in [-0.2, 0) is 0 Å². The molecular formula is C19H21N5O2.